The number of hydrogen-bond acceptors (Lipinski definition) is 8. The summed E-state index contributed by atoms with van der Waals surface area (Å²) in [5, 5.41) is 23.0. The Morgan fingerprint density at radius 2 is 1.62 bits per heavy atom. The van der Waals surface area contributed by atoms with Gasteiger partial charge in [-0.2, -0.15) is 5.21 Å². The molecule has 6 N–H and O–H groups in total. The molecule has 0 spiro atoms. The zero-order chi connectivity index (χ0) is 34.6. The summed E-state index contributed by atoms with van der Waals surface area (Å²) in [5.41, 5.74) is 10.6. The van der Waals surface area contributed by atoms with Gasteiger partial charge in [-0.3, -0.25) is 14.4 Å². The second kappa shape index (κ2) is 18.9. The lowest BCUT2D eigenvalue weighted by Gasteiger charge is -2.28. The van der Waals surface area contributed by atoms with Gasteiger partial charge in [-0.1, -0.05) is 50.2 Å². The van der Waals surface area contributed by atoms with Gasteiger partial charge in [0.2, 0.25) is 17.6 Å². The van der Waals surface area contributed by atoms with Gasteiger partial charge in [-0.15, -0.1) is 22.6 Å². The molecule has 1 fully saturated rings. The molecule has 0 aliphatic heterocycles. The van der Waals surface area contributed by atoms with Crippen molar-refractivity contribution in [2.75, 3.05) is 38.0 Å². The average molecular weight is 702 g/mol. The van der Waals surface area contributed by atoms with E-state index in [1.54, 1.807) is 24.3 Å². The van der Waals surface area contributed by atoms with Crippen LogP contribution in [0.5, 0.6) is 0 Å². The van der Waals surface area contributed by atoms with E-state index in [0.717, 1.165) is 67.6 Å². The molecule has 0 bridgehead atoms. The Hall–Kier alpha value is -4.65. The van der Waals surface area contributed by atoms with Crippen molar-refractivity contribution in [3.05, 3.63) is 83.9 Å². The molecule has 1 aromatic heterocycles. The SMILES string of the molecule is CCN(CC)CCNC(=O)c1cccc(-c2ccc(C[C@H](NC(=O)[C@H]3CC[C@H](CN)CC3)C(=O)Nc3ccc(-c4nn[nH]n4)cc3)cc2)c1.Cl. The zero-order valence-electron chi connectivity index (χ0n) is 28.7. The molecule has 1 saturated carbocycles. The molecule has 12 nitrogen and oxygen atoms in total. The third kappa shape index (κ3) is 10.4. The number of benzene rings is 3. The standard InChI is InChI=1S/C37H47N9O3.ClH/c1-3-46(4-2)21-20-39-35(47)31-7-5-6-30(23-31)27-12-8-25(9-13-27)22-33(41-36(48)29-14-10-26(24-38)11-15-29)37(49)40-32-18-16-28(17-19-32)34-42-44-45-43-34;/h5-9,12-13,16-19,23,26,29,33H,3-4,10-11,14-15,20-22,24,38H2,1-2H3,(H,39,47)(H,40,49)(H,41,48)(H,42,43,44,45);1H/t26-,29-,33-;/m0./s1. The van der Waals surface area contributed by atoms with Crippen molar-refractivity contribution in [3.8, 4) is 22.5 Å². The van der Waals surface area contributed by atoms with Gasteiger partial charge < -0.3 is 26.6 Å². The van der Waals surface area contributed by atoms with Crippen LogP contribution in [0.25, 0.3) is 22.5 Å². The van der Waals surface area contributed by atoms with Crippen LogP contribution >= 0.6 is 12.4 Å². The van der Waals surface area contributed by atoms with Crippen molar-refractivity contribution in [2.45, 2.75) is 52.0 Å². The summed E-state index contributed by atoms with van der Waals surface area (Å²) in [4.78, 5) is 42.2. The number of aromatic nitrogens is 4. The summed E-state index contributed by atoms with van der Waals surface area (Å²) in [7, 11) is 0. The van der Waals surface area contributed by atoms with E-state index < -0.39 is 6.04 Å². The van der Waals surface area contributed by atoms with E-state index in [4.69, 9.17) is 5.73 Å². The first-order chi connectivity index (χ1) is 23.9. The van der Waals surface area contributed by atoms with Crippen LogP contribution in [0.15, 0.2) is 72.8 Å². The van der Waals surface area contributed by atoms with Gasteiger partial charge in [-0.25, -0.2) is 0 Å². The molecule has 0 saturated heterocycles. The third-order valence-electron chi connectivity index (χ3n) is 9.40. The molecule has 1 aliphatic carbocycles. The van der Waals surface area contributed by atoms with Gasteiger partial charge in [0, 0.05) is 42.2 Å². The number of hydrogen-bond donors (Lipinski definition) is 5. The number of amides is 3. The Kier molecular flexibility index (Phi) is 14.4. The lowest BCUT2D eigenvalue weighted by atomic mass is 9.81. The fourth-order valence-corrected chi connectivity index (χ4v) is 6.25. The van der Waals surface area contributed by atoms with Crippen molar-refractivity contribution in [1.29, 1.82) is 0 Å². The predicted octanol–water partition coefficient (Wildman–Crippen LogP) is 4.46. The number of carbonyl (C=O) groups excluding carboxylic acids is 3. The molecule has 5 rings (SSSR count). The van der Waals surface area contributed by atoms with Crippen molar-refractivity contribution < 1.29 is 14.4 Å². The van der Waals surface area contributed by atoms with Crippen molar-refractivity contribution in [1.82, 2.24) is 36.2 Å². The molecule has 50 heavy (non-hydrogen) atoms. The van der Waals surface area contributed by atoms with E-state index in [1.165, 1.54) is 0 Å². The molecule has 0 radical (unpaired) electrons. The summed E-state index contributed by atoms with van der Waals surface area (Å²) in [6.07, 6.45) is 3.67. The van der Waals surface area contributed by atoms with Crippen molar-refractivity contribution in [3.63, 3.8) is 0 Å². The maximum atomic E-state index is 13.7. The molecule has 13 heteroatoms. The highest BCUT2D eigenvalue weighted by Crippen LogP contribution is 2.29. The van der Waals surface area contributed by atoms with Gasteiger partial charge in [-0.05, 0) is 110 Å². The summed E-state index contributed by atoms with van der Waals surface area (Å²) >= 11 is 0. The summed E-state index contributed by atoms with van der Waals surface area (Å²) < 4.78 is 0. The maximum Gasteiger partial charge on any atom is 0.251 e. The van der Waals surface area contributed by atoms with Crippen LogP contribution in [0.3, 0.4) is 0 Å². The van der Waals surface area contributed by atoms with Crippen LogP contribution in [0.2, 0.25) is 0 Å². The maximum absolute atomic E-state index is 13.7. The van der Waals surface area contributed by atoms with Gasteiger partial charge in [0.25, 0.3) is 5.91 Å². The number of nitrogens with zero attached hydrogens (tertiary/aromatic N) is 4. The Balaban J connectivity index is 0.00000562. The molecule has 0 unspecified atom stereocenters. The number of halogens is 1. The topological polar surface area (TPSA) is 171 Å². The van der Waals surface area contributed by atoms with Crippen LogP contribution in [0, 0.1) is 11.8 Å². The van der Waals surface area contributed by atoms with E-state index >= 15 is 0 Å². The minimum absolute atomic E-state index is 0. The minimum atomic E-state index is -0.786. The third-order valence-corrected chi connectivity index (χ3v) is 9.40. The number of nitrogens with one attached hydrogen (secondary N) is 4. The van der Waals surface area contributed by atoms with Gasteiger partial charge in [0.1, 0.15) is 6.04 Å². The molecule has 266 valence electrons. The molecule has 1 atom stereocenters. The van der Waals surface area contributed by atoms with Crippen LogP contribution in [-0.4, -0.2) is 82.0 Å². The van der Waals surface area contributed by atoms with Crippen LogP contribution in [0.4, 0.5) is 5.69 Å². The Labute approximate surface area is 299 Å². The smallest absolute Gasteiger partial charge is 0.251 e. The average Bonchev–Trinajstić information content (AvgIpc) is 3.69. The second-order valence-corrected chi connectivity index (χ2v) is 12.6. The Morgan fingerprint density at radius 1 is 0.920 bits per heavy atom. The first-order valence-corrected chi connectivity index (χ1v) is 17.2. The first-order valence-electron chi connectivity index (χ1n) is 17.2. The Morgan fingerprint density at radius 3 is 2.26 bits per heavy atom. The zero-order valence-corrected chi connectivity index (χ0v) is 29.5. The van der Waals surface area contributed by atoms with Crippen molar-refractivity contribution in [2.24, 2.45) is 17.6 Å². The monoisotopic (exact) mass is 701 g/mol. The van der Waals surface area contributed by atoms with Crippen molar-refractivity contribution >= 4 is 35.8 Å². The molecule has 1 heterocycles. The van der Waals surface area contributed by atoms with E-state index in [1.807, 2.05) is 48.5 Å². The van der Waals surface area contributed by atoms with E-state index in [9.17, 15) is 14.4 Å². The number of carbonyl (C=O) groups is 3. The van der Waals surface area contributed by atoms with E-state index in [0.29, 0.717) is 42.5 Å². The predicted molar refractivity (Wildman–Crippen MR) is 198 cm³/mol. The molecular formula is C37H48ClN9O3. The number of aromatic amines is 1. The fourth-order valence-electron chi connectivity index (χ4n) is 6.25. The summed E-state index contributed by atoms with van der Waals surface area (Å²) in [6, 6.07) is 21.8. The van der Waals surface area contributed by atoms with Crippen LogP contribution in [-0.2, 0) is 16.0 Å². The largest absolute Gasteiger partial charge is 0.351 e. The summed E-state index contributed by atoms with van der Waals surface area (Å²) in [6.45, 7) is 8.15. The normalized spacial score (nSPS) is 16.2. The van der Waals surface area contributed by atoms with Gasteiger partial charge >= 0.3 is 0 Å². The van der Waals surface area contributed by atoms with Gasteiger partial charge in [0.05, 0.1) is 0 Å². The highest BCUT2D eigenvalue weighted by molar-refractivity contribution is 5.98. The van der Waals surface area contributed by atoms with E-state index in [2.05, 4.69) is 55.3 Å². The number of tetrazole rings is 1. The lowest BCUT2D eigenvalue weighted by Crippen LogP contribution is -2.48. The Bertz CT molecular complexity index is 1650. The number of H-pyrrole nitrogens is 1. The molecule has 3 aromatic carbocycles. The number of anilines is 1. The van der Waals surface area contributed by atoms with Gasteiger partial charge in [0.15, 0.2) is 0 Å². The first kappa shape index (κ1) is 38.2. The second-order valence-electron chi connectivity index (χ2n) is 12.6. The number of likely N-dealkylation sites (N-methyl/N-ethyl adjacent to an activating group) is 1. The molecular weight excluding hydrogens is 654 g/mol. The highest BCUT2D eigenvalue weighted by Gasteiger charge is 2.29. The summed E-state index contributed by atoms with van der Waals surface area (Å²) in [5.74, 6) is 0.251. The number of rotatable bonds is 15. The highest BCUT2D eigenvalue weighted by atomic mass is 35.5. The fraction of sp³-hybridized carbons (Fsp3) is 0.405. The molecule has 4 aromatic rings. The molecule has 3 amide bonds. The lowest BCUT2D eigenvalue weighted by molar-refractivity contribution is -0.130. The minimum Gasteiger partial charge on any atom is -0.351 e. The molecule has 1 aliphatic rings. The number of nitrogens with two attached hydrogens (primary N) is 1. The van der Waals surface area contributed by atoms with E-state index in [-0.39, 0.29) is 36.0 Å². The quantitative estimate of drug-likeness (QED) is 0.121. The van der Waals surface area contributed by atoms with Crippen LogP contribution < -0.4 is 21.7 Å². The van der Waals surface area contributed by atoms with Crippen LogP contribution in [0.1, 0.15) is 55.5 Å².